The molecule has 1 rings (SSSR count). The fourth-order valence-corrected chi connectivity index (χ4v) is 7.88. The largest absolute Gasteiger partial charge is 0.462 e. The fraction of sp³-hybridized carbons (Fsp3) is 0.891. The van der Waals surface area contributed by atoms with Gasteiger partial charge < -0.3 is 34.3 Å². The molecule has 59 heavy (non-hydrogen) atoms. The second-order valence-electron chi connectivity index (χ2n) is 16.5. The number of carbonyl (C=O) groups is 2. The van der Waals surface area contributed by atoms with E-state index in [9.17, 15) is 37.9 Å². The summed E-state index contributed by atoms with van der Waals surface area (Å²) < 4.78 is 54.1. The van der Waals surface area contributed by atoms with Crippen molar-refractivity contribution in [3.8, 4) is 0 Å². The lowest BCUT2D eigenvalue weighted by Gasteiger charge is -2.40. The van der Waals surface area contributed by atoms with Gasteiger partial charge in [0.05, 0.1) is 6.61 Å². The molecule has 0 bridgehead atoms. The molecule has 0 radical (unpaired) electrons. The first-order chi connectivity index (χ1) is 28.5. The van der Waals surface area contributed by atoms with Gasteiger partial charge in [0, 0.05) is 12.8 Å². The van der Waals surface area contributed by atoms with E-state index in [1.165, 1.54) is 109 Å². The van der Waals surface area contributed by atoms with Crippen LogP contribution in [0.4, 0.5) is 0 Å². The summed E-state index contributed by atoms with van der Waals surface area (Å²) in [5.41, 5.74) is 3.28. The zero-order valence-electron chi connectivity index (χ0n) is 36.9. The molecule has 1 heterocycles. The maximum Gasteiger partial charge on any atom is 0.306 e. The van der Waals surface area contributed by atoms with Gasteiger partial charge in [-0.05, 0) is 50.7 Å². The topological polar surface area (TPSA) is 186 Å². The lowest BCUT2D eigenvalue weighted by Crippen LogP contribution is -2.60. The number of allylic oxidation sites excluding steroid dienone is 1. The van der Waals surface area contributed by atoms with E-state index in [2.05, 4.69) is 31.7 Å². The molecule has 1 aliphatic rings. The Morgan fingerprint density at radius 2 is 1.02 bits per heavy atom. The van der Waals surface area contributed by atoms with E-state index in [0.29, 0.717) is 12.8 Å². The van der Waals surface area contributed by atoms with E-state index in [1.807, 2.05) is 0 Å². The van der Waals surface area contributed by atoms with Gasteiger partial charge >= 0.3 is 11.9 Å². The Kier molecular flexibility index (Phi) is 34.4. The molecule has 1 aliphatic heterocycles. The Morgan fingerprint density at radius 3 is 1.47 bits per heavy atom. The number of hydrogen-bond acceptors (Lipinski definition) is 11. The molecule has 1 fully saturated rings. The third-order valence-electron chi connectivity index (χ3n) is 10.9. The minimum atomic E-state index is -4.60. The average Bonchev–Trinajstić information content (AvgIpc) is 3.20. The molecule has 6 atom stereocenters. The highest BCUT2D eigenvalue weighted by molar-refractivity contribution is 7.85. The van der Waals surface area contributed by atoms with Crippen LogP contribution < -0.4 is 0 Å². The fourth-order valence-electron chi connectivity index (χ4n) is 7.18. The van der Waals surface area contributed by atoms with Crippen LogP contribution in [0.2, 0.25) is 0 Å². The van der Waals surface area contributed by atoms with Crippen molar-refractivity contribution in [3.63, 3.8) is 0 Å². The van der Waals surface area contributed by atoms with Crippen LogP contribution in [0.25, 0.3) is 0 Å². The maximum atomic E-state index is 12.8. The van der Waals surface area contributed by atoms with E-state index < -0.39 is 71.2 Å². The van der Waals surface area contributed by atoms with Crippen molar-refractivity contribution >= 4 is 22.1 Å². The smallest absolute Gasteiger partial charge is 0.306 e. The van der Waals surface area contributed by atoms with Crippen LogP contribution in [0.5, 0.6) is 0 Å². The summed E-state index contributed by atoms with van der Waals surface area (Å²) in [6, 6.07) is 0. The Balaban J connectivity index is 2.44. The number of carbonyl (C=O) groups excluding carboxylic acids is 2. The van der Waals surface area contributed by atoms with Crippen molar-refractivity contribution in [1.82, 2.24) is 0 Å². The summed E-state index contributed by atoms with van der Waals surface area (Å²) >= 11 is 0. The van der Waals surface area contributed by atoms with Gasteiger partial charge in [0.2, 0.25) is 0 Å². The standard InChI is InChI=1S/C46H84O12S/c1-3-5-7-9-11-13-15-17-19-21-22-24-26-28-30-32-34-41(47)55-36-39(37-56-46-45(51)44(50)43(49)40(58-46)38-59(52,53)54)57-42(48)35-33-31-29-27-25-23-20-18-16-14-12-10-8-6-4-2/h16,20,39-40,43-46,49-51H,3-15,17,19,21-38H2,1-2H3,(H,52,53,54)/t18?,39-,40-,43-,44?,45?,46+/m1/s1. The van der Waals surface area contributed by atoms with Gasteiger partial charge in [-0.1, -0.05) is 155 Å². The molecule has 0 saturated carbocycles. The first-order valence-electron chi connectivity index (χ1n) is 23.5. The van der Waals surface area contributed by atoms with Crippen molar-refractivity contribution in [2.24, 2.45) is 0 Å². The lowest BCUT2D eigenvalue weighted by atomic mass is 10.00. The van der Waals surface area contributed by atoms with Gasteiger partial charge in [0.1, 0.15) is 36.8 Å². The minimum absolute atomic E-state index is 0.147. The SMILES string of the molecule is CCCCCCCC=C=CCCCCCCCC(=O)O[C@H](COC(=O)CCCCCCCCCCCCCCCCCC)CO[C@H]1O[C@H](CS(=O)(=O)O)[C@@H](O)C(O)C1O. The maximum absolute atomic E-state index is 12.8. The zero-order valence-corrected chi connectivity index (χ0v) is 37.7. The predicted molar refractivity (Wildman–Crippen MR) is 232 cm³/mol. The molecular formula is C46H84O12S. The van der Waals surface area contributed by atoms with E-state index in [0.717, 1.165) is 57.8 Å². The monoisotopic (exact) mass is 861 g/mol. The molecule has 0 aromatic heterocycles. The number of aliphatic hydroxyl groups is 3. The summed E-state index contributed by atoms with van der Waals surface area (Å²) in [5, 5.41) is 30.9. The van der Waals surface area contributed by atoms with Crippen LogP contribution in [0.15, 0.2) is 17.9 Å². The second kappa shape index (κ2) is 36.8. The number of hydrogen-bond donors (Lipinski definition) is 4. The summed E-state index contributed by atoms with van der Waals surface area (Å²) in [5.74, 6) is -2.00. The summed E-state index contributed by atoms with van der Waals surface area (Å²) in [4.78, 5) is 25.4. The number of unbranched alkanes of at least 4 members (excludes halogenated alkanes) is 25. The molecule has 4 N–H and O–H groups in total. The van der Waals surface area contributed by atoms with Crippen LogP contribution in [0, 0.1) is 0 Å². The van der Waals surface area contributed by atoms with Crippen LogP contribution in [-0.2, 0) is 38.7 Å². The van der Waals surface area contributed by atoms with Gasteiger partial charge in [0.15, 0.2) is 12.4 Å². The molecule has 0 aliphatic carbocycles. The van der Waals surface area contributed by atoms with Gasteiger partial charge in [0.25, 0.3) is 10.1 Å². The Hall–Kier alpha value is -1.83. The molecule has 1 saturated heterocycles. The molecule has 0 aromatic rings. The molecular weight excluding hydrogens is 777 g/mol. The Bertz CT molecular complexity index is 1200. The quantitative estimate of drug-likeness (QED) is 0.0199. The second-order valence-corrected chi connectivity index (χ2v) is 18.0. The van der Waals surface area contributed by atoms with E-state index >= 15 is 0 Å². The van der Waals surface area contributed by atoms with Crippen molar-refractivity contribution in [2.75, 3.05) is 19.0 Å². The summed E-state index contributed by atoms with van der Waals surface area (Å²) in [6.45, 7) is 3.74. The molecule has 0 spiro atoms. The third-order valence-corrected chi connectivity index (χ3v) is 11.6. The van der Waals surface area contributed by atoms with Crippen LogP contribution >= 0.6 is 0 Å². The summed E-state index contributed by atoms with van der Waals surface area (Å²) in [6.07, 6.45) is 27.5. The normalized spacial score (nSPS) is 19.9. The lowest BCUT2D eigenvalue weighted by molar-refractivity contribution is -0.297. The number of aliphatic hydroxyl groups excluding tert-OH is 3. The van der Waals surface area contributed by atoms with E-state index in [-0.39, 0.29) is 19.4 Å². The number of esters is 2. The molecule has 2 unspecified atom stereocenters. The first-order valence-corrected chi connectivity index (χ1v) is 25.1. The molecule has 0 amide bonds. The number of rotatable bonds is 39. The number of ether oxygens (including phenoxy) is 4. The zero-order chi connectivity index (χ0) is 43.4. The first kappa shape index (κ1) is 55.2. The highest BCUT2D eigenvalue weighted by Crippen LogP contribution is 2.24. The van der Waals surface area contributed by atoms with Gasteiger partial charge in [-0.3, -0.25) is 14.1 Å². The van der Waals surface area contributed by atoms with Crippen molar-refractivity contribution in [3.05, 3.63) is 17.9 Å². The molecule has 0 aromatic carbocycles. The minimum Gasteiger partial charge on any atom is -0.462 e. The summed E-state index contributed by atoms with van der Waals surface area (Å²) in [7, 11) is -4.60. The van der Waals surface area contributed by atoms with Gasteiger partial charge in [-0.25, -0.2) is 0 Å². The van der Waals surface area contributed by atoms with Crippen LogP contribution in [0.3, 0.4) is 0 Å². The van der Waals surface area contributed by atoms with Gasteiger partial charge in [-0.15, -0.1) is 5.73 Å². The van der Waals surface area contributed by atoms with Gasteiger partial charge in [-0.2, -0.15) is 8.42 Å². The predicted octanol–water partition coefficient (Wildman–Crippen LogP) is 9.61. The molecule has 13 heteroatoms. The van der Waals surface area contributed by atoms with Crippen molar-refractivity contribution in [2.45, 2.75) is 243 Å². The van der Waals surface area contributed by atoms with E-state index in [1.54, 1.807) is 0 Å². The van der Waals surface area contributed by atoms with Crippen LogP contribution in [-0.4, -0.2) is 96.0 Å². The Labute approximate surface area is 358 Å². The molecule has 346 valence electrons. The van der Waals surface area contributed by atoms with Crippen LogP contribution in [0.1, 0.15) is 206 Å². The molecule has 12 nitrogen and oxygen atoms in total. The third kappa shape index (κ3) is 31.6. The highest BCUT2D eigenvalue weighted by atomic mass is 32.2. The average molecular weight is 861 g/mol. The highest BCUT2D eigenvalue weighted by Gasteiger charge is 2.46. The van der Waals surface area contributed by atoms with Crippen molar-refractivity contribution < 1.29 is 56.8 Å². The van der Waals surface area contributed by atoms with Crippen molar-refractivity contribution in [1.29, 1.82) is 0 Å². The van der Waals surface area contributed by atoms with E-state index in [4.69, 9.17) is 18.9 Å². The Morgan fingerprint density at radius 1 is 0.593 bits per heavy atom.